The van der Waals surface area contributed by atoms with E-state index >= 15 is 0 Å². The maximum Gasteiger partial charge on any atom is 0.431 e. The summed E-state index contributed by atoms with van der Waals surface area (Å²) in [4.78, 5) is 9.86. The van der Waals surface area contributed by atoms with Crippen LogP contribution in [0.25, 0.3) is 0 Å². The highest BCUT2D eigenvalue weighted by Gasteiger charge is 2.57. The lowest BCUT2D eigenvalue weighted by atomic mass is 10.1. The fourth-order valence-corrected chi connectivity index (χ4v) is 1.08. The van der Waals surface area contributed by atoms with E-state index in [2.05, 4.69) is 6.58 Å². The maximum absolute atomic E-state index is 11.7. The van der Waals surface area contributed by atoms with Crippen LogP contribution in [0.15, 0.2) is 43.0 Å². The molecular formula is C13H16F3NO3. The topological polar surface area (TPSA) is 83.5 Å². The van der Waals surface area contributed by atoms with Gasteiger partial charge in [0.15, 0.2) is 0 Å². The van der Waals surface area contributed by atoms with Gasteiger partial charge in [0, 0.05) is 6.04 Å². The molecule has 0 aromatic heterocycles. The van der Waals surface area contributed by atoms with E-state index in [0.29, 0.717) is 0 Å². The van der Waals surface area contributed by atoms with Crippen molar-refractivity contribution < 1.29 is 28.2 Å². The van der Waals surface area contributed by atoms with Gasteiger partial charge in [0.2, 0.25) is 0 Å². The molecule has 0 amide bonds. The van der Waals surface area contributed by atoms with E-state index in [1.54, 1.807) is 0 Å². The first-order valence-corrected chi connectivity index (χ1v) is 5.53. The first-order valence-electron chi connectivity index (χ1n) is 5.53. The number of aliphatic carboxylic acids is 1. The number of benzene rings is 1. The average molecular weight is 291 g/mol. The van der Waals surface area contributed by atoms with Crippen LogP contribution in [0.5, 0.6) is 0 Å². The highest BCUT2D eigenvalue weighted by molar-refractivity contribution is 5.80. The van der Waals surface area contributed by atoms with Gasteiger partial charge in [0.05, 0.1) is 0 Å². The Balaban J connectivity index is 0.000000367. The number of halogens is 3. The fraction of sp³-hybridized carbons (Fsp3) is 0.308. The normalized spacial score (nSPS) is 15.3. The van der Waals surface area contributed by atoms with Gasteiger partial charge in [-0.3, -0.25) is 0 Å². The van der Waals surface area contributed by atoms with Crippen LogP contribution in [0.4, 0.5) is 13.2 Å². The van der Waals surface area contributed by atoms with Gasteiger partial charge >= 0.3 is 12.1 Å². The van der Waals surface area contributed by atoms with E-state index in [0.717, 1.165) is 0 Å². The number of rotatable bonds is 3. The number of carboxylic acid groups (broad SMARTS) is 1. The molecule has 4 nitrogen and oxygen atoms in total. The Morgan fingerprint density at radius 1 is 1.35 bits per heavy atom. The van der Waals surface area contributed by atoms with Crippen LogP contribution in [0, 0.1) is 0 Å². The lowest BCUT2D eigenvalue weighted by Crippen LogP contribution is -2.50. The molecule has 0 spiro atoms. The van der Waals surface area contributed by atoms with Crippen LogP contribution >= 0.6 is 0 Å². The summed E-state index contributed by atoms with van der Waals surface area (Å²) in [5.74, 6) is -2.39. The van der Waals surface area contributed by atoms with Crippen LogP contribution in [-0.2, 0) is 4.79 Å². The predicted molar refractivity (Wildman–Crippen MR) is 67.9 cm³/mol. The van der Waals surface area contributed by atoms with Crippen molar-refractivity contribution in [1.82, 2.24) is 0 Å². The summed E-state index contributed by atoms with van der Waals surface area (Å²) in [5.41, 5.74) is 2.97. The van der Waals surface area contributed by atoms with Crippen LogP contribution in [0.2, 0.25) is 0 Å². The minimum Gasteiger partial charge on any atom is -0.479 e. The van der Waals surface area contributed by atoms with Gasteiger partial charge in [-0.25, -0.2) is 4.79 Å². The molecule has 0 fully saturated rings. The van der Waals surface area contributed by atoms with Crippen molar-refractivity contribution in [2.24, 2.45) is 5.73 Å². The summed E-state index contributed by atoms with van der Waals surface area (Å²) < 4.78 is 35.0. The van der Waals surface area contributed by atoms with Gasteiger partial charge in [0.25, 0.3) is 5.60 Å². The summed E-state index contributed by atoms with van der Waals surface area (Å²) in [7, 11) is 0. The molecule has 112 valence electrons. The highest BCUT2D eigenvalue weighted by atomic mass is 19.4. The van der Waals surface area contributed by atoms with Crippen molar-refractivity contribution in [1.29, 1.82) is 0 Å². The second-order valence-corrected chi connectivity index (χ2v) is 3.97. The summed E-state index contributed by atoms with van der Waals surface area (Å²) >= 11 is 0. The van der Waals surface area contributed by atoms with Gasteiger partial charge in [-0.15, -0.1) is 0 Å². The van der Waals surface area contributed by atoms with Crippen LogP contribution in [-0.4, -0.2) is 28.0 Å². The van der Waals surface area contributed by atoms with Crippen molar-refractivity contribution in [3.8, 4) is 0 Å². The molecule has 1 aromatic rings. The van der Waals surface area contributed by atoms with Crippen molar-refractivity contribution >= 4 is 5.97 Å². The first kappa shape index (κ1) is 18.1. The van der Waals surface area contributed by atoms with E-state index in [-0.39, 0.29) is 12.1 Å². The SMILES string of the molecule is C=C[C@](O)(C(=O)O)C(F)(F)F.C[C@H](N)c1ccccc1. The van der Waals surface area contributed by atoms with Crippen LogP contribution < -0.4 is 5.73 Å². The zero-order valence-electron chi connectivity index (χ0n) is 10.8. The van der Waals surface area contributed by atoms with Crippen molar-refractivity contribution in [2.45, 2.75) is 24.7 Å². The summed E-state index contributed by atoms with van der Waals surface area (Å²) in [6, 6.07) is 10.2. The molecule has 0 aliphatic carbocycles. The van der Waals surface area contributed by atoms with E-state index in [1.165, 1.54) is 5.56 Å². The third-order valence-electron chi connectivity index (χ3n) is 2.38. The molecule has 7 heteroatoms. The van der Waals surface area contributed by atoms with E-state index < -0.39 is 17.7 Å². The molecule has 0 aliphatic heterocycles. The molecule has 0 bridgehead atoms. The number of hydrogen-bond donors (Lipinski definition) is 3. The maximum atomic E-state index is 11.7. The lowest BCUT2D eigenvalue weighted by Gasteiger charge is -2.21. The molecule has 0 radical (unpaired) electrons. The zero-order chi connectivity index (χ0) is 16.0. The molecule has 0 saturated carbocycles. The monoisotopic (exact) mass is 291 g/mol. The number of hydrogen-bond acceptors (Lipinski definition) is 3. The number of carbonyl (C=O) groups is 1. The highest BCUT2D eigenvalue weighted by Crippen LogP contribution is 2.31. The van der Waals surface area contributed by atoms with Gasteiger partial charge in [-0.2, -0.15) is 13.2 Å². The van der Waals surface area contributed by atoms with Gasteiger partial charge in [-0.1, -0.05) is 36.9 Å². The van der Waals surface area contributed by atoms with E-state index in [9.17, 15) is 18.0 Å². The van der Waals surface area contributed by atoms with Gasteiger partial charge < -0.3 is 15.9 Å². The molecule has 0 unspecified atom stereocenters. The molecular weight excluding hydrogens is 275 g/mol. The molecule has 1 rings (SSSR count). The van der Waals surface area contributed by atoms with E-state index in [4.69, 9.17) is 15.9 Å². The van der Waals surface area contributed by atoms with Crippen molar-refractivity contribution in [3.05, 3.63) is 48.6 Å². The molecule has 0 heterocycles. The largest absolute Gasteiger partial charge is 0.479 e. The summed E-state index contributed by atoms with van der Waals surface area (Å²) in [6.07, 6.45) is -5.31. The minimum atomic E-state index is -5.24. The number of carboxylic acids is 1. The lowest BCUT2D eigenvalue weighted by molar-refractivity contribution is -0.243. The van der Waals surface area contributed by atoms with Crippen molar-refractivity contribution in [2.75, 3.05) is 0 Å². The molecule has 0 aliphatic rings. The van der Waals surface area contributed by atoms with Crippen LogP contribution in [0.1, 0.15) is 18.5 Å². The third-order valence-corrected chi connectivity index (χ3v) is 2.38. The molecule has 0 saturated heterocycles. The van der Waals surface area contributed by atoms with Gasteiger partial charge in [0.1, 0.15) is 0 Å². The number of aliphatic hydroxyl groups is 1. The second kappa shape index (κ2) is 7.06. The Labute approximate surface area is 114 Å². The third kappa shape index (κ3) is 4.67. The van der Waals surface area contributed by atoms with Gasteiger partial charge in [-0.05, 0) is 18.6 Å². The first-order chi connectivity index (χ1) is 9.06. The Morgan fingerprint density at radius 2 is 1.80 bits per heavy atom. The number of nitrogens with two attached hydrogens (primary N) is 1. The van der Waals surface area contributed by atoms with Crippen LogP contribution in [0.3, 0.4) is 0 Å². The Kier molecular flexibility index (Phi) is 6.41. The Morgan fingerprint density at radius 3 is 1.95 bits per heavy atom. The van der Waals surface area contributed by atoms with Crippen molar-refractivity contribution in [3.63, 3.8) is 0 Å². The molecule has 4 N–H and O–H groups in total. The molecule has 2 atom stereocenters. The molecule has 20 heavy (non-hydrogen) atoms. The summed E-state index contributed by atoms with van der Waals surface area (Å²) in [5, 5.41) is 16.3. The predicted octanol–water partition coefficient (Wildman–Crippen LogP) is 2.26. The molecule has 1 aromatic carbocycles. The number of alkyl halides is 3. The second-order valence-electron chi connectivity index (χ2n) is 3.97. The fourth-order valence-electron chi connectivity index (χ4n) is 1.08. The van der Waals surface area contributed by atoms with E-state index in [1.807, 2.05) is 37.3 Å². The average Bonchev–Trinajstić information content (AvgIpc) is 2.37. The minimum absolute atomic E-state index is 0.0741. The Bertz CT molecular complexity index is 446. The Hall–Kier alpha value is -1.86. The smallest absolute Gasteiger partial charge is 0.431 e. The summed E-state index contributed by atoms with van der Waals surface area (Å²) in [6.45, 7) is 4.55. The standard InChI is InChI=1S/C8H11N.C5H5F3O3/c1-7(9)8-5-3-2-4-6-8;1-2-4(11,3(9)10)5(6,7)8/h2-7H,9H2,1H3;2,11H,1H2,(H,9,10)/t7-;4-/m00/s1. The quantitative estimate of drug-likeness (QED) is 0.746. The zero-order valence-corrected chi connectivity index (χ0v) is 10.8.